The molecule has 26 heavy (non-hydrogen) atoms. The Bertz CT molecular complexity index is 791. The van der Waals surface area contributed by atoms with Gasteiger partial charge in [-0.15, -0.1) is 11.3 Å². The van der Waals surface area contributed by atoms with E-state index in [0.717, 1.165) is 31.6 Å². The summed E-state index contributed by atoms with van der Waals surface area (Å²) in [5.41, 5.74) is 1.25. The number of fused-ring (bicyclic) bond motifs is 1. The van der Waals surface area contributed by atoms with Crippen molar-refractivity contribution in [1.29, 1.82) is 0 Å². The molecule has 6 nitrogen and oxygen atoms in total. The molecule has 0 aromatic carbocycles. The number of nitrogens with zero attached hydrogens (tertiary/aromatic N) is 3. The van der Waals surface area contributed by atoms with Crippen molar-refractivity contribution < 1.29 is 9.59 Å². The van der Waals surface area contributed by atoms with Crippen molar-refractivity contribution in [3.8, 4) is 0 Å². The van der Waals surface area contributed by atoms with Gasteiger partial charge in [0.25, 0.3) is 0 Å². The number of aromatic nitrogens is 2. The topological polar surface area (TPSA) is 67.2 Å². The lowest BCUT2D eigenvalue weighted by Gasteiger charge is -2.27. The molecule has 3 heterocycles. The van der Waals surface area contributed by atoms with Crippen LogP contribution in [0.25, 0.3) is 0 Å². The molecule has 0 radical (unpaired) electrons. The van der Waals surface area contributed by atoms with Crippen molar-refractivity contribution >= 4 is 29.0 Å². The van der Waals surface area contributed by atoms with Crippen LogP contribution < -0.4 is 5.32 Å². The molecule has 1 saturated carbocycles. The van der Waals surface area contributed by atoms with E-state index in [0.29, 0.717) is 12.6 Å². The summed E-state index contributed by atoms with van der Waals surface area (Å²) in [5, 5.41) is 9.38. The summed E-state index contributed by atoms with van der Waals surface area (Å²) >= 11 is 1.76. The van der Waals surface area contributed by atoms with Crippen LogP contribution in [0.3, 0.4) is 0 Å². The van der Waals surface area contributed by atoms with Crippen LogP contribution in [0.15, 0.2) is 23.7 Å². The highest BCUT2D eigenvalue weighted by atomic mass is 32.1. The lowest BCUT2D eigenvalue weighted by Crippen LogP contribution is -2.35. The van der Waals surface area contributed by atoms with E-state index < -0.39 is 0 Å². The summed E-state index contributed by atoms with van der Waals surface area (Å²) in [6.45, 7) is 1.43. The summed E-state index contributed by atoms with van der Waals surface area (Å²) in [6, 6.07) is 4.31. The second-order valence-electron chi connectivity index (χ2n) is 7.08. The Kier molecular flexibility index (Phi) is 5.06. The Morgan fingerprint density at radius 1 is 1.23 bits per heavy atom. The van der Waals surface area contributed by atoms with Gasteiger partial charge in [0.1, 0.15) is 5.82 Å². The van der Waals surface area contributed by atoms with Crippen molar-refractivity contribution in [1.82, 2.24) is 14.7 Å². The predicted molar refractivity (Wildman–Crippen MR) is 101 cm³/mol. The van der Waals surface area contributed by atoms with Gasteiger partial charge in [0.2, 0.25) is 11.8 Å². The molecular weight excluding hydrogens is 348 g/mol. The molecule has 0 saturated heterocycles. The SMILES string of the molecule is O=C(CCC(=O)N1CCc2sccc2C1)Nc1ccnn1C1CCCC1. The first kappa shape index (κ1) is 17.3. The van der Waals surface area contributed by atoms with Gasteiger partial charge >= 0.3 is 0 Å². The summed E-state index contributed by atoms with van der Waals surface area (Å²) in [7, 11) is 0. The fraction of sp³-hybridized carbons (Fsp3) is 0.526. The zero-order chi connectivity index (χ0) is 17.9. The third kappa shape index (κ3) is 3.67. The van der Waals surface area contributed by atoms with Crippen LogP contribution in [0, 0.1) is 0 Å². The first-order valence-corrected chi connectivity index (χ1v) is 10.2. The lowest BCUT2D eigenvalue weighted by atomic mass is 10.1. The van der Waals surface area contributed by atoms with Gasteiger partial charge < -0.3 is 10.2 Å². The maximum absolute atomic E-state index is 12.4. The van der Waals surface area contributed by atoms with Gasteiger partial charge in [0.05, 0.1) is 12.2 Å². The van der Waals surface area contributed by atoms with E-state index >= 15 is 0 Å². The summed E-state index contributed by atoms with van der Waals surface area (Å²) in [5.74, 6) is 0.683. The number of carbonyl (C=O) groups excluding carboxylic acids is 2. The van der Waals surface area contributed by atoms with Gasteiger partial charge in [-0.2, -0.15) is 5.10 Å². The van der Waals surface area contributed by atoms with Gasteiger partial charge in [-0.25, -0.2) is 4.68 Å². The molecule has 1 aliphatic carbocycles. The molecule has 0 spiro atoms. The van der Waals surface area contributed by atoms with Crippen molar-refractivity contribution in [2.24, 2.45) is 0 Å². The van der Waals surface area contributed by atoms with Crippen LogP contribution >= 0.6 is 11.3 Å². The smallest absolute Gasteiger partial charge is 0.226 e. The summed E-state index contributed by atoms with van der Waals surface area (Å²) < 4.78 is 1.93. The van der Waals surface area contributed by atoms with Gasteiger partial charge in [0.15, 0.2) is 0 Å². The van der Waals surface area contributed by atoms with E-state index in [1.54, 1.807) is 17.5 Å². The van der Waals surface area contributed by atoms with Crippen LogP contribution in [-0.4, -0.2) is 33.0 Å². The molecular formula is C19H24N4O2S. The maximum atomic E-state index is 12.4. The minimum absolute atomic E-state index is 0.0568. The standard InChI is InChI=1S/C19H24N4O2S/c24-18(21-17-7-10-20-23(17)15-3-1-2-4-15)5-6-19(25)22-11-8-16-14(13-22)9-12-26-16/h7,9-10,12,15H,1-6,8,11,13H2,(H,21,24). The van der Waals surface area contributed by atoms with Crippen molar-refractivity contribution in [3.63, 3.8) is 0 Å². The van der Waals surface area contributed by atoms with E-state index in [1.165, 1.54) is 23.3 Å². The number of amides is 2. The Morgan fingerprint density at radius 3 is 2.92 bits per heavy atom. The van der Waals surface area contributed by atoms with E-state index in [-0.39, 0.29) is 24.7 Å². The number of carbonyl (C=O) groups is 2. The number of hydrogen-bond donors (Lipinski definition) is 1. The molecule has 2 aliphatic rings. The number of hydrogen-bond acceptors (Lipinski definition) is 4. The average Bonchev–Trinajstić information content (AvgIpc) is 3.39. The Morgan fingerprint density at radius 2 is 2.08 bits per heavy atom. The third-order valence-corrected chi connectivity index (χ3v) is 6.36. The van der Waals surface area contributed by atoms with Gasteiger partial charge in [-0.05, 0) is 36.3 Å². The van der Waals surface area contributed by atoms with Crippen LogP contribution in [0.4, 0.5) is 5.82 Å². The predicted octanol–water partition coefficient (Wildman–Crippen LogP) is 3.36. The van der Waals surface area contributed by atoms with Crippen LogP contribution in [-0.2, 0) is 22.6 Å². The molecule has 0 unspecified atom stereocenters. The molecule has 2 aromatic heterocycles. The molecule has 1 N–H and O–H groups in total. The Balaban J connectivity index is 1.28. The summed E-state index contributed by atoms with van der Waals surface area (Å²) in [6.07, 6.45) is 7.77. The van der Waals surface area contributed by atoms with Gasteiger partial charge in [-0.1, -0.05) is 12.8 Å². The van der Waals surface area contributed by atoms with Crippen LogP contribution in [0.2, 0.25) is 0 Å². The van der Waals surface area contributed by atoms with E-state index in [4.69, 9.17) is 0 Å². The highest BCUT2D eigenvalue weighted by molar-refractivity contribution is 7.10. The number of thiophene rings is 1. The van der Waals surface area contributed by atoms with E-state index in [9.17, 15) is 9.59 Å². The molecule has 138 valence electrons. The highest BCUT2D eigenvalue weighted by Gasteiger charge is 2.23. The second kappa shape index (κ2) is 7.61. The molecule has 0 atom stereocenters. The van der Waals surface area contributed by atoms with Gasteiger partial charge in [0, 0.05) is 36.9 Å². The van der Waals surface area contributed by atoms with Crippen LogP contribution in [0.5, 0.6) is 0 Å². The molecule has 0 bridgehead atoms. The molecule has 2 aromatic rings. The lowest BCUT2D eigenvalue weighted by molar-refractivity contribution is -0.133. The van der Waals surface area contributed by atoms with Crippen molar-refractivity contribution in [2.45, 2.75) is 57.5 Å². The van der Waals surface area contributed by atoms with Crippen LogP contribution in [0.1, 0.15) is 55.0 Å². The Hall–Kier alpha value is -2.15. The largest absolute Gasteiger partial charge is 0.338 e. The zero-order valence-electron chi connectivity index (χ0n) is 14.8. The molecule has 2 amide bonds. The minimum atomic E-state index is -0.119. The highest BCUT2D eigenvalue weighted by Crippen LogP contribution is 2.31. The quantitative estimate of drug-likeness (QED) is 0.875. The number of anilines is 1. The minimum Gasteiger partial charge on any atom is -0.338 e. The number of nitrogens with one attached hydrogen (secondary N) is 1. The van der Waals surface area contributed by atoms with E-state index in [1.807, 2.05) is 15.6 Å². The fourth-order valence-corrected chi connectivity index (χ4v) is 4.79. The second-order valence-corrected chi connectivity index (χ2v) is 8.08. The zero-order valence-corrected chi connectivity index (χ0v) is 15.6. The number of rotatable bonds is 5. The van der Waals surface area contributed by atoms with Crippen molar-refractivity contribution in [2.75, 3.05) is 11.9 Å². The molecule has 7 heteroatoms. The summed E-state index contributed by atoms with van der Waals surface area (Å²) in [4.78, 5) is 28.0. The van der Waals surface area contributed by atoms with E-state index in [2.05, 4.69) is 21.9 Å². The Labute approximate surface area is 157 Å². The normalized spacial score (nSPS) is 17.3. The fourth-order valence-electron chi connectivity index (χ4n) is 3.90. The maximum Gasteiger partial charge on any atom is 0.226 e. The first-order valence-electron chi connectivity index (χ1n) is 9.37. The average molecular weight is 372 g/mol. The van der Waals surface area contributed by atoms with Gasteiger partial charge in [-0.3, -0.25) is 9.59 Å². The molecule has 4 rings (SSSR count). The van der Waals surface area contributed by atoms with Crippen molar-refractivity contribution in [3.05, 3.63) is 34.2 Å². The monoisotopic (exact) mass is 372 g/mol. The molecule has 1 aliphatic heterocycles. The first-order chi connectivity index (χ1) is 12.7. The molecule has 1 fully saturated rings. The third-order valence-electron chi connectivity index (χ3n) is 5.33.